The van der Waals surface area contributed by atoms with Crippen molar-refractivity contribution < 1.29 is 14.3 Å². The molecule has 1 unspecified atom stereocenters. The fraction of sp³-hybridized carbons (Fsp3) is 0.154. The summed E-state index contributed by atoms with van der Waals surface area (Å²) in [6, 6.07) is 8.44. The lowest BCUT2D eigenvalue weighted by molar-refractivity contribution is -0.159. The summed E-state index contributed by atoms with van der Waals surface area (Å²) in [6.45, 7) is 1.18. The summed E-state index contributed by atoms with van der Waals surface area (Å²) in [5.41, 5.74) is -0.717. The van der Waals surface area contributed by atoms with Crippen molar-refractivity contribution in [1.29, 1.82) is 5.26 Å². The van der Waals surface area contributed by atoms with E-state index < -0.39 is 17.5 Å². The predicted molar refractivity (Wildman–Crippen MR) is 68.1 cm³/mol. The molecule has 6 heteroatoms. The number of para-hydroxylation sites is 1. The maximum atomic E-state index is 12.1. The van der Waals surface area contributed by atoms with Crippen LogP contribution in [0.1, 0.15) is 12.5 Å². The molecule has 2 rings (SSSR count). The largest absolute Gasteiger partial charge is 0.440 e. The molecule has 1 aromatic carbocycles. The van der Waals surface area contributed by atoms with Gasteiger partial charge in [0.2, 0.25) is 5.60 Å². The first-order valence-corrected chi connectivity index (χ1v) is 5.76. The zero-order valence-corrected chi connectivity index (χ0v) is 10.7. The molecular formula is C13H9ClN2O3. The van der Waals surface area contributed by atoms with Gasteiger partial charge in [0.15, 0.2) is 0 Å². The number of fused-ring (bicyclic) bond motifs is 1. The maximum absolute atomic E-state index is 12.1. The van der Waals surface area contributed by atoms with E-state index in [-0.39, 0.29) is 5.03 Å². The van der Waals surface area contributed by atoms with E-state index in [1.54, 1.807) is 30.3 Å². The van der Waals surface area contributed by atoms with Crippen LogP contribution >= 0.6 is 11.6 Å². The number of nitrogens with zero attached hydrogens (tertiary/aromatic N) is 1. The van der Waals surface area contributed by atoms with E-state index in [0.29, 0.717) is 11.3 Å². The second kappa shape index (κ2) is 4.75. The molecule has 0 bridgehead atoms. The third kappa shape index (κ3) is 2.18. The number of amides is 1. The molecule has 1 aromatic rings. The van der Waals surface area contributed by atoms with Crippen molar-refractivity contribution in [2.75, 3.05) is 5.32 Å². The Bertz CT molecular complexity index is 633. The van der Waals surface area contributed by atoms with Crippen molar-refractivity contribution in [2.24, 2.45) is 0 Å². The fourth-order valence-corrected chi connectivity index (χ4v) is 2.12. The molecule has 0 saturated carbocycles. The second-order valence-electron chi connectivity index (χ2n) is 3.93. The SMILES string of the molecule is CC(=O)OC1(C=C(Cl)C#N)C(=O)Nc2ccccc21. The average molecular weight is 277 g/mol. The van der Waals surface area contributed by atoms with E-state index >= 15 is 0 Å². The van der Waals surface area contributed by atoms with Crippen molar-refractivity contribution in [3.05, 3.63) is 40.9 Å². The quantitative estimate of drug-likeness (QED) is 0.662. The molecular weight excluding hydrogens is 268 g/mol. The van der Waals surface area contributed by atoms with Crippen LogP contribution in [0.2, 0.25) is 0 Å². The van der Waals surface area contributed by atoms with E-state index in [9.17, 15) is 9.59 Å². The molecule has 0 aliphatic carbocycles. The Morgan fingerprint density at radius 2 is 2.21 bits per heavy atom. The van der Waals surface area contributed by atoms with Gasteiger partial charge in [-0.3, -0.25) is 9.59 Å². The van der Waals surface area contributed by atoms with Crippen LogP contribution in [-0.2, 0) is 19.9 Å². The summed E-state index contributed by atoms with van der Waals surface area (Å²) in [5, 5.41) is 11.1. The lowest BCUT2D eigenvalue weighted by Gasteiger charge is -2.23. The molecule has 0 saturated heterocycles. The van der Waals surface area contributed by atoms with Gasteiger partial charge in [-0.1, -0.05) is 29.8 Å². The first-order chi connectivity index (χ1) is 8.99. The van der Waals surface area contributed by atoms with E-state index in [1.165, 1.54) is 6.92 Å². The minimum Gasteiger partial charge on any atom is -0.440 e. The van der Waals surface area contributed by atoms with Crippen LogP contribution in [0.5, 0.6) is 0 Å². The van der Waals surface area contributed by atoms with Crippen LogP contribution in [0.25, 0.3) is 0 Å². The van der Waals surface area contributed by atoms with Crippen LogP contribution in [0.15, 0.2) is 35.4 Å². The number of rotatable bonds is 2. The molecule has 0 aromatic heterocycles. The zero-order valence-electron chi connectivity index (χ0n) is 9.94. The van der Waals surface area contributed by atoms with E-state index in [0.717, 1.165) is 6.08 Å². The molecule has 19 heavy (non-hydrogen) atoms. The van der Waals surface area contributed by atoms with E-state index in [1.807, 2.05) is 0 Å². The topological polar surface area (TPSA) is 79.2 Å². The van der Waals surface area contributed by atoms with E-state index in [2.05, 4.69) is 5.32 Å². The van der Waals surface area contributed by atoms with Crippen LogP contribution in [0.4, 0.5) is 5.69 Å². The Balaban J connectivity index is 2.65. The third-order valence-electron chi connectivity index (χ3n) is 2.65. The average Bonchev–Trinajstić information content (AvgIpc) is 2.62. The first kappa shape index (κ1) is 13.1. The Labute approximate surface area is 114 Å². The number of nitrogens with one attached hydrogen (secondary N) is 1. The van der Waals surface area contributed by atoms with Gasteiger partial charge in [0.1, 0.15) is 11.1 Å². The van der Waals surface area contributed by atoms with Gasteiger partial charge >= 0.3 is 5.97 Å². The molecule has 5 nitrogen and oxygen atoms in total. The zero-order chi connectivity index (χ0) is 14.0. The van der Waals surface area contributed by atoms with Gasteiger partial charge in [-0.2, -0.15) is 5.26 Å². The predicted octanol–water partition coefficient (Wildman–Crippen LogP) is 2.04. The number of halogens is 1. The van der Waals surface area contributed by atoms with Crippen molar-refractivity contribution in [3.8, 4) is 6.07 Å². The summed E-state index contributed by atoms with van der Waals surface area (Å²) in [4.78, 5) is 23.4. The summed E-state index contributed by atoms with van der Waals surface area (Å²) in [6.07, 6.45) is 1.14. The molecule has 1 aliphatic rings. The summed E-state index contributed by atoms with van der Waals surface area (Å²) < 4.78 is 5.15. The Morgan fingerprint density at radius 3 is 2.84 bits per heavy atom. The smallest absolute Gasteiger partial charge is 0.304 e. The van der Waals surface area contributed by atoms with Crippen LogP contribution < -0.4 is 5.32 Å². The van der Waals surface area contributed by atoms with Gasteiger partial charge in [-0.15, -0.1) is 0 Å². The highest BCUT2D eigenvalue weighted by atomic mass is 35.5. The van der Waals surface area contributed by atoms with Crippen molar-refractivity contribution in [1.82, 2.24) is 0 Å². The highest BCUT2D eigenvalue weighted by Gasteiger charge is 2.48. The van der Waals surface area contributed by atoms with Gasteiger partial charge in [0.05, 0.1) is 0 Å². The number of hydrogen-bond acceptors (Lipinski definition) is 4. The Hall–Kier alpha value is -2.32. The molecule has 1 amide bonds. The van der Waals surface area contributed by atoms with E-state index in [4.69, 9.17) is 21.6 Å². The van der Waals surface area contributed by atoms with Crippen LogP contribution in [0.3, 0.4) is 0 Å². The van der Waals surface area contributed by atoms with Crippen molar-refractivity contribution in [2.45, 2.75) is 12.5 Å². The minimum atomic E-state index is -1.69. The first-order valence-electron chi connectivity index (χ1n) is 5.38. The minimum absolute atomic E-state index is 0.229. The number of hydrogen-bond donors (Lipinski definition) is 1. The Kier molecular flexibility index (Phi) is 3.28. The summed E-state index contributed by atoms with van der Waals surface area (Å²) >= 11 is 5.68. The van der Waals surface area contributed by atoms with Gasteiger partial charge in [-0.25, -0.2) is 0 Å². The number of esters is 1. The van der Waals surface area contributed by atoms with Crippen molar-refractivity contribution in [3.63, 3.8) is 0 Å². The molecule has 1 aliphatic heterocycles. The van der Waals surface area contributed by atoms with Crippen LogP contribution in [0, 0.1) is 11.3 Å². The Morgan fingerprint density at radius 1 is 1.53 bits per heavy atom. The number of anilines is 1. The standard InChI is InChI=1S/C13H9ClN2O3/c1-8(17)19-13(6-9(14)7-15)10-4-2-3-5-11(10)16-12(13)18/h2-6H,1H3,(H,16,18). The molecule has 1 N–H and O–H groups in total. The van der Waals surface area contributed by atoms with Gasteiger partial charge in [0, 0.05) is 24.3 Å². The number of ether oxygens (including phenoxy) is 1. The number of nitriles is 1. The molecule has 96 valence electrons. The monoisotopic (exact) mass is 276 g/mol. The normalized spacial score (nSPS) is 21.3. The molecule has 1 atom stereocenters. The number of allylic oxidation sites excluding steroid dienone is 1. The number of carbonyl (C=O) groups is 2. The van der Waals surface area contributed by atoms with Gasteiger partial charge in [-0.05, 0) is 6.07 Å². The van der Waals surface area contributed by atoms with Gasteiger partial charge in [0.25, 0.3) is 5.91 Å². The lowest BCUT2D eigenvalue weighted by atomic mass is 9.94. The summed E-state index contributed by atoms with van der Waals surface area (Å²) in [7, 11) is 0. The van der Waals surface area contributed by atoms with Gasteiger partial charge < -0.3 is 10.1 Å². The summed E-state index contributed by atoms with van der Waals surface area (Å²) in [5.74, 6) is -1.21. The number of benzene rings is 1. The molecule has 0 spiro atoms. The molecule has 0 radical (unpaired) electrons. The number of carbonyl (C=O) groups excluding carboxylic acids is 2. The van der Waals surface area contributed by atoms with Crippen LogP contribution in [-0.4, -0.2) is 11.9 Å². The highest BCUT2D eigenvalue weighted by Crippen LogP contribution is 2.40. The third-order valence-corrected chi connectivity index (χ3v) is 2.85. The molecule has 0 fully saturated rings. The molecule has 1 heterocycles. The highest BCUT2D eigenvalue weighted by molar-refractivity contribution is 6.32. The second-order valence-corrected chi connectivity index (χ2v) is 4.34. The van der Waals surface area contributed by atoms with Crippen molar-refractivity contribution >= 4 is 29.2 Å². The fourth-order valence-electron chi connectivity index (χ4n) is 1.96. The maximum Gasteiger partial charge on any atom is 0.304 e. The lowest BCUT2D eigenvalue weighted by Crippen LogP contribution is -2.37.